The van der Waals surface area contributed by atoms with Gasteiger partial charge in [-0.3, -0.25) is 9.47 Å². The van der Waals surface area contributed by atoms with Crippen molar-refractivity contribution in [3.63, 3.8) is 0 Å². The molecule has 0 spiro atoms. The van der Waals surface area contributed by atoms with Gasteiger partial charge in [0.25, 0.3) is 5.02 Å². The smallest absolute Gasteiger partial charge is 0.406 e. The van der Waals surface area contributed by atoms with Crippen molar-refractivity contribution >= 4 is 34.6 Å². The third kappa shape index (κ3) is 6.41. The number of amides is 1. The van der Waals surface area contributed by atoms with Crippen LogP contribution < -0.4 is 10.1 Å². The number of carbonyl (C=O) groups excluding carboxylic acids is 1. The van der Waals surface area contributed by atoms with Gasteiger partial charge in [-0.1, -0.05) is 23.8 Å². The molecule has 0 atom stereocenters. The molecule has 1 N–H and O–H groups in total. The second kappa shape index (κ2) is 11.5. The number of carbonyl (C=O) groups is 1. The number of pyridine rings is 1. The van der Waals surface area contributed by atoms with Crippen LogP contribution in [0.15, 0.2) is 60.8 Å². The zero-order valence-electron chi connectivity index (χ0n) is 20.8. The Kier molecular flexibility index (Phi) is 8.02. The van der Waals surface area contributed by atoms with E-state index in [0.29, 0.717) is 53.4 Å². The van der Waals surface area contributed by atoms with Crippen LogP contribution in [0.3, 0.4) is 0 Å². The van der Waals surface area contributed by atoms with Gasteiger partial charge in [0.05, 0.1) is 5.52 Å². The van der Waals surface area contributed by atoms with Gasteiger partial charge in [-0.05, 0) is 59.2 Å². The Hall–Kier alpha value is -3.60. The summed E-state index contributed by atoms with van der Waals surface area (Å²) in [6.45, 7) is 1.70. The predicted molar refractivity (Wildman–Crippen MR) is 140 cm³/mol. The van der Waals surface area contributed by atoms with Gasteiger partial charge in [0.2, 0.25) is 0 Å². The first-order chi connectivity index (χ1) is 19.1. The van der Waals surface area contributed by atoms with E-state index in [2.05, 4.69) is 19.9 Å². The molecule has 1 aliphatic heterocycles. The third-order valence-electron chi connectivity index (χ3n) is 6.50. The van der Waals surface area contributed by atoms with Crippen molar-refractivity contribution in [1.29, 1.82) is 0 Å². The van der Waals surface area contributed by atoms with E-state index in [4.69, 9.17) is 23.2 Å². The molecule has 0 saturated heterocycles. The van der Waals surface area contributed by atoms with E-state index < -0.39 is 18.2 Å². The van der Waals surface area contributed by atoms with Crippen LogP contribution >= 0.6 is 11.6 Å². The van der Waals surface area contributed by atoms with Crippen molar-refractivity contribution in [2.45, 2.75) is 25.9 Å². The molecule has 1 amide bonds. The Morgan fingerprint density at radius 2 is 2.00 bits per heavy atom. The molecule has 2 aromatic heterocycles. The van der Waals surface area contributed by atoms with Crippen molar-refractivity contribution in [3.8, 4) is 5.75 Å². The molecule has 1 aliphatic rings. The molecule has 0 radical (unpaired) electrons. The number of hydrogen-bond donors (Lipinski definition) is 1. The van der Waals surface area contributed by atoms with E-state index in [1.54, 1.807) is 24.3 Å². The standard InChI is InChI=1S/C28H22Cl2F4N4O2/c29-22-5-3-17(12-23(22)31)2-1-10-37-11-8-25-21(16-37)20-14-19(40-28(32,33)34)4-6-24(20)38(25)27(39)36-15-18-7-9-35-26(30)13-18/h1-7,9,12-14,29H,8,10-11,15-16H2/p+1/b2-1+. The number of rotatable bonds is 6. The number of alkyl halides is 3. The lowest BCUT2D eigenvalue weighted by Gasteiger charge is -2.27. The fourth-order valence-electron chi connectivity index (χ4n) is 4.75. The second-order valence-corrected chi connectivity index (χ2v) is 10.0. The van der Waals surface area contributed by atoms with Gasteiger partial charge in [0, 0.05) is 55.9 Å². The van der Waals surface area contributed by atoms with Gasteiger partial charge < -0.3 is 10.1 Å². The van der Waals surface area contributed by atoms with Crippen LogP contribution in [0.2, 0.25) is 10.2 Å². The second-order valence-electron chi connectivity index (χ2n) is 9.21. The van der Waals surface area contributed by atoms with E-state index in [9.17, 15) is 22.4 Å². The van der Waals surface area contributed by atoms with E-state index in [1.807, 2.05) is 6.08 Å². The molecule has 0 fully saturated rings. The number of fused-ring (bicyclic) bond motifs is 3. The van der Waals surface area contributed by atoms with E-state index in [-0.39, 0.29) is 17.3 Å². The number of hydrogen-bond acceptors (Lipinski definition) is 4. The summed E-state index contributed by atoms with van der Waals surface area (Å²) in [7, 11) is 0. The first-order valence-electron chi connectivity index (χ1n) is 12.2. The number of nitrogens with zero attached hydrogens (tertiary/aromatic N) is 3. The Morgan fingerprint density at radius 3 is 2.75 bits per heavy atom. The highest BCUT2D eigenvalue weighted by molar-refractivity contribution is 6.29. The molecule has 0 unspecified atom stereocenters. The van der Waals surface area contributed by atoms with Crippen molar-refractivity contribution in [2.75, 3.05) is 13.1 Å². The molecule has 0 bridgehead atoms. The molecule has 6 nitrogen and oxygen atoms in total. The Morgan fingerprint density at radius 1 is 1.18 bits per heavy atom. The van der Waals surface area contributed by atoms with Crippen LogP contribution in [0, 0.1) is 17.4 Å². The van der Waals surface area contributed by atoms with Gasteiger partial charge in [0.15, 0.2) is 17.4 Å². The highest BCUT2D eigenvalue weighted by atomic mass is 35.5. The number of ether oxygens (including phenoxy) is 1. The van der Waals surface area contributed by atoms with Crippen LogP contribution in [0.25, 0.3) is 17.0 Å². The summed E-state index contributed by atoms with van der Waals surface area (Å²) in [5.41, 5.74) is 3.35. The van der Waals surface area contributed by atoms with Crippen LogP contribution in [0.1, 0.15) is 22.4 Å². The Labute approximate surface area is 236 Å². The van der Waals surface area contributed by atoms with Gasteiger partial charge in [-0.2, -0.15) is 0 Å². The van der Waals surface area contributed by atoms with Gasteiger partial charge >= 0.3 is 12.4 Å². The highest BCUT2D eigenvalue weighted by Crippen LogP contribution is 2.35. The molecule has 2 aromatic carbocycles. The van der Waals surface area contributed by atoms with E-state index in [1.165, 1.54) is 41.1 Å². The minimum Gasteiger partial charge on any atom is -0.406 e. The van der Waals surface area contributed by atoms with Crippen LogP contribution in [0.4, 0.5) is 22.4 Å². The Balaban J connectivity index is 1.42. The Bertz CT molecular complexity index is 1600. The molecule has 4 aromatic rings. The number of benzene rings is 2. The van der Waals surface area contributed by atoms with Crippen LogP contribution in [-0.4, -0.2) is 39.9 Å². The molecule has 3 heterocycles. The normalized spacial score (nSPS) is 14.1. The van der Waals surface area contributed by atoms with Gasteiger partial charge in [0.1, 0.15) is 10.9 Å². The fraction of sp³-hybridized carbons (Fsp3) is 0.214. The molecular weight excluding hydrogens is 571 g/mol. The maximum absolute atomic E-state index is 13.8. The van der Waals surface area contributed by atoms with E-state index >= 15 is 0 Å². The molecule has 208 valence electrons. The SMILES string of the molecule is O=C(NCc1ccnc(Cl)c1)n1c2c(c3cc(OC(F)(F)F)ccc31)CN(C/C=C/c1ccc([ClH+])c(F)c1)CC2. The zero-order valence-corrected chi connectivity index (χ0v) is 22.4. The van der Waals surface area contributed by atoms with E-state index in [0.717, 1.165) is 11.1 Å². The first-order valence-corrected chi connectivity index (χ1v) is 13.0. The number of nitrogens with one attached hydrogen (secondary N) is 1. The van der Waals surface area contributed by atoms with Crippen molar-refractivity contribution in [3.05, 3.63) is 99.2 Å². The predicted octanol–water partition coefficient (Wildman–Crippen LogP) is 6.25. The van der Waals surface area contributed by atoms with Crippen molar-refractivity contribution < 1.29 is 38.7 Å². The summed E-state index contributed by atoms with van der Waals surface area (Å²) >= 11 is 10.8. The summed E-state index contributed by atoms with van der Waals surface area (Å²) in [6.07, 6.45) is 0.838. The molecule has 12 heteroatoms. The lowest BCUT2D eigenvalue weighted by molar-refractivity contribution is -0.293. The van der Waals surface area contributed by atoms with Crippen LogP contribution in [-0.2, 0) is 19.5 Å². The topological polar surface area (TPSA) is 59.4 Å². The molecule has 0 saturated carbocycles. The lowest BCUT2D eigenvalue weighted by Crippen LogP contribution is -2.34. The third-order valence-corrected chi connectivity index (χ3v) is 7.04. The average molecular weight is 594 g/mol. The maximum atomic E-state index is 13.8. The zero-order chi connectivity index (χ0) is 28.4. The maximum Gasteiger partial charge on any atom is 0.573 e. The lowest BCUT2D eigenvalue weighted by atomic mass is 10.0. The highest BCUT2D eigenvalue weighted by Gasteiger charge is 2.32. The minimum absolute atomic E-state index is 0.152. The first kappa shape index (κ1) is 27.9. The fourth-order valence-corrected chi connectivity index (χ4v) is 5.07. The quantitative estimate of drug-likeness (QED) is 0.212. The molecular formula is C28H23Cl2F4N4O2+. The average Bonchev–Trinajstić information content (AvgIpc) is 3.21. The summed E-state index contributed by atoms with van der Waals surface area (Å²) in [6, 6.07) is 11.5. The molecule has 0 aliphatic carbocycles. The van der Waals surface area contributed by atoms with Crippen LogP contribution in [0.5, 0.6) is 5.75 Å². The largest absolute Gasteiger partial charge is 0.573 e. The van der Waals surface area contributed by atoms with Gasteiger partial charge in [-0.15, -0.1) is 13.2 Å². The molecule has 40 heavy (non-hydrogen) atoms. The number of halogens is 6. The summed E-state index contributed by atoms with van der Waals surface area (Å²) in [5.74, 6) is -0.828. The number of aromatic nitrogens is 2. The monoisotopic (exact) mass is 593 g/mol. The van der Waals surface area contributed by atoms with Gasteiger partial charge in [-0.25, -0.2) is 14.2 Å². The summed E-state index contributed by atoms with van der Waals surface area (Å²) in [4.78, 5) is 19.4. The summed E-state index contributed by atoms with van der Waals surface area (Å²) < 4.78 is 58.3. The van der Waals surface area contributed by atoms with Crippen molar-refractivity contribution in [2.24, 2.45) is 0 Å². The summed E-state index contributed by atoms with van der Waals surface area (Å²) in [5, 5.41) is 3.80. The minimum atomic E-state index is -4.85. The van der Waals surface area contributed by atoms with Crippen molar-refractivity contribution in [1.82, 2.24) is 19.8 Å². The molecule has 5 rings (SSSR count).